The summed E-state index contributed by atoms with van der Waals surface area (Å²) in [7, 11) is 0. The molecule has 6 nitrogen and oxygen atoms in total. The Labute approximate surface area is 224 Å². The van der Waals surface area contributed by atoms with E-state index in [2.05, 4.69) is 104 Å². The maximum absolute atomic E-state index is 6.25. The summed E-state index contributed by atoms with van der Waals surface area (Å²) in [6.45, 7) is 0. The van der Waals surface area contributed by atoms with E-state index < -0.39 is 0 Å². The molecule has 0 aliphatic carbocycles. The molecule has 0 aliphatic heterocycles. The predicted octanol–water partition coefficient (Wildman–Crippen LogP) is 8.34. The maximum atomic E-state index is 6.25. The van der Waals surface area contributed by atoms with Crippen LogP contribution in [0.15, 0.2) is 108 Å². The fourth-order valence-corrected chi connectivity index (χ4v) is 7.14. The minimum Gasteiger partial charge on any atom is -0.456 e. The molecule has 0 unspecified atom stereocenters. The lowest BCUT2D eigenvalue weighted by atomic mass is 10.00. The van der Waals surface area contributed by atoms with Gasteiger partial charge in [-0.15, -0.1) is 0 Å². The molecule has 11 aromatic rings. The van der Waals surface area contributed by atoms with E-state index in [-0.39, 0.29) is 0 Å². The number of hydrogen-bond acceptors (Lipinski definition) is 3. The average molecular weight is 512 g/mol. The van der Waals surface area contributed by atoms with Crippen LogP contribution < -0.4 is 0 Å². The quantitative estimate of drug-likeness (QED) is 0.192. The van der Waals surface area contributed by atoms with Crippen molar-refractivity contribution in [3.63, 3.8) is 0 Å². The summed E-state index contributed by atoms with van der Waals surface area (Å²) in [6.07, 6.45) is 0. The molecule has 5 heterocycles. The highest BCUT2D eigenvalue weighted by molar-refractivity contribution is 6.25. The molecule has 6 aromatic carbocycles. The monoisotopic (exact) mass is 511 g/mol. The van der Waals surface area contributed by atoms with E-state index in [0.717, 1.165) is 77.5 Å². The first kappa shape index (κ1) is 19.4. The van der Waals surface area contributed by atoms with Crippen molar-refractivity contribution < 1.29 is 4.42 Å². The Balaban J connectivity index is 1.39. The fourth-order valence-electron chi connectivity index (χ4n) is 7.14. The highest BCUT2D eigenvalue weighted by atomic mass is 16.3. The van der Waals surface area contributed by atoms with Gasteiger partial charge in [-0.05, 0) is 35.0 Å². The highest BCUT2D eigenvalue weighted by Gasteiger charge is 2.25. The van der Waals surface area contributed by atoms with E-state index in [0.29, 0.717) is 0 Å². The number of nitrogens with zero attached hydrogens (tertiary/aromatic N) is 5. The van der Waals surface area contributed by atoms with Crippen LogP contribution in [0.1, 0.15) is 0 Å². The molecule has 184 valence electrons. The van der Waals surface area contributed by atoms with Gasteiger partial charge in [0.15, 0.2) is 0 Å². The zero-order chi connectivity index (χ0) is 25.7. The van der Waals surface area contributed by atoms with Crippen molar-refractivity contribution in [2.24, 2.45) is 0 Å². The third-order valence-electron chi connectivity index (χ3n) is 8.75. The first-order chi connectivity index (χ1) is 19.8. The Hall–Kier alpha value is -5.62. The number of hydrogen-bond donors (Lipinski definition) is 0. The molecule has 0 bridgehead atoms. The Morgan fingerprint density at radius 1 is 0.450 bits per heavy atom. The molecule has 0 amide bonds. The number of para-hydroxylation sites is 2. The molecule has 0 aliphatic rings. The Bertz CT molecular complexity index is 2880. The molecular weight excluding hydrogens is 494 g/mol. The van der Waals surface area contributed by atoms with Crippen LogP contribution in [0.3, 0.4) is 0 Å². The Morgan fingerprint density at radius 3 is 1.98 bits per heavy atom. The van der Waals surface area contributed by atoms with Crippen molar-refractivity contribution in [3.05, 3.63) is 103 Å². The number of benzene rings is 6. The fraction of sp³-hybridized carbons (Fsp3) is 0. The molecule has 5 aromatic heterocycles. The summed E-state index contributed by atoms with van der Waals surface area (Å²) in [5.41, 5.74) is 9.24. The van der Waals surface area contributed by atoms with Crippen LogP contribution in [0.4, 0.5) is 0 Å². The van der Waals surface area contributed by atoms with Gasteiger partial charge >= 0.3 is 0 Å². The lowest BCUT2D eigenvalue weighted by Gasteiger charge is -2.07. The number of aromatic nitrogens is 5. The van der Waals surface area contributed by atoms with E-state index in [1.54, 1.807) is 0 Å². The summed E-state index contributed by atoms with van der Waals surface area (Å²) in [5.74, 6) is 1.74. The molecule has 0 saturated heterocycles. The van der Waals surface area contributed by atoms with E-state index in [4.69, 9.17) is 14.4 Å². The van der Waals surface area contributed by atoms with Crippen molar-refractivity contribution in [3.8, 4) is 0 Å². The van der Waals surface area contributed by atoms with Crippen molar-refractivity contribution in [1.29, 1.82) is 0 Å². The van der Waals surface area contributed by atoms with E-state index in [1.165, 1.54) is 16.2 Å². The second kappa shape index (κ2) is 6.33. The number of furan rings is 1. The van der Waals surface area contributed by atoms with Crippen LogP contribution in [0.25, 0.3) is 93.7 Å². The van der Waals surface area contributed by atoms with E-state index in [9.17, 15) is 0 Å². The van der Waals surface area contributed by atoms with Gasteiger partial charge < -0.3 is 4.42 Å². The first-order valence-electron chi connectivity index (χ1n) is 13.4. The van der Waals surface area contributed by atoms with Gasteiger partial charge in [-0.25, -0.2) is 14.4 Å². The second-order valence-electron chi connectivity index (χ2n) is 10.7. The Morgan fingerprint density at radius 2 is 1.12 bits per heavy atom. The van der Waals surface area contributed by atoms with E-state index in [1.807, 2.05) is 12.1 Å². The summed E-state index contributed by atoms with van der Waals surface area (Å²) in [6, 6.07) is 36.2. The third-order valence-corrected chi connectivity index (χ3v) is 8.75. The van der Waals surface area contributed by atoms with Crippen molar-refractivity contribution in [2.75, 3.05) is 0 Å². The number of rotatable bonds is 0. The van der Waals surface area contributed by atoms with Crippen molar-refractivity contribution >= 4 is 93.7 Å². The van der Waals surface area contributed by atoms with Crippen LogP contribution in [-0.4, -0.2) is 23.2 Å². The molecule has 0 fully saturated rings. The zero-order valence-corrected chi connectivity index (χ0v) is 21.0. The lowest BCUT2D eigenvalue weighted by molar-refractivity contribution is 0.669. The van der Waals surface area contributed by atoms with Gasteiger partial charge in [0.2, 0.25) is 11.6 Å². The second-order valence-corrected chi connectivity index (χ2v) is 10.7. The average Bonchev–Trinajstić information content (AvgIpc) is 3.78. The molecule has 0 N–H and O–H groups in total. The number of imidazole rings is 4. The highest BCUT2D eigenvalue weighted by Crippen LogP contribution is 2.40. The lowest BCUT2D eigenvalue weighted by Crippen LogP contribution is -1.88. The van der Waals surface area contributed by atoms with Crippen LogP contribution in [0.2, 0.25) is 0 Å². The topological polar surface area (TPSA) is 52.2 Å². The maximum Gasteiger partial charge on any atom is 0.223 e. The first-order valence-corrected chi connectivity index (χ1v) is 13.4. The van der Waals surface area contributed by atoms with Crippen LogP contribution in [0.5, 0.6) is 0 Å². The van der Waals surface area contributed by atoms with Crippen LogP contribution in [-0.2, 0) is 0 Å². The minimum absolute atomic E-state index is 0.858. The molecule has 40 heavy (non-hydrogen) atoms. The van der Waals surface area contributed by atoms with Gasteiger partial charge in [0.25, 0.3) is 0 Å². The summed E-state index contributed by atoms with van der Waals surface area (Å²) < 4.78 is 13.1. The standard InChI is InChI=1S/C34H17N5O/c1-3-11-21-18(8-1)19-9-2-4-12-22(19)31-30(21)36-34-38(31)26-14-7-13-25-32(26)39(34)33-35-24-16-23-20-10-5-6-15-28(20)40-29(23)17-27(24)37(25)33/h1-17H. The van der Waals surface area contributed by atoms with Gasteiger partial charge in [0.05, 0.1) is 33.1 Å². The SMILES string of the molecule is c1ccc2c(c1)oc1cc3c(cc12)nc1n3c2cccc3c2n1c1nc2c4ccccc4c4ccccc4c2n31. The Kier molecular flexibility index (Phi) is 3.08. The van der Waals surface area contributed by atoms with Gasteiger partial charge in [0.1, 0.15) is 16.7 Å². The zero-order valence-electron chi connectivity index (χ0n) is 21.0. The molecule has 0 saturated carbocycles. The van der Waals surface area contributed by atoms with E-state index >= 15 is 0 Å². The summed E-state index contributed by atoms with van der Waals surface area (Å²) >= 11 is 0. The minimum atomic E-state index is 0.858. The summed E-state index contributed by atoms with van der Waals surface area (Å²) in [5, 5.41) is 7.02. The number of fused-ring (bicyclic) bond motifs is 18. The molecule has 11 rings (SSSR count). The third kappa shape index (κ3) is 2.03. The van der Waals surface area contributed by atoms with Gasteiger partial charge in [0, 0.05) is 27.6 Å². The molecule has 0 atom stereocenters. The van der Waals surface area contributed by atoms with Crippen molar-refractivity contribution in [2.45, 2.75) is 0 Å². The smallest absolute Gasteiger partial charge is 0.223 e. The molecular formula is C34H17N5O. The summed E-state index contributed by atoms with van der Waals surface area (Å²) in [4.78, 5) is 10.6. The van der Waals surface area contributed by atoms with Gasteiger partial charge in [-0.2, -0.15) is 0 Å². The van der Waals surface area contributed by atoms with Crippen LogP contribution in [0, 0.1) is 0 Å². The molecule has 6 heteroatoms. The van der Waals surface area contributed by atoms with Gasteiger partial charge in [-0.3, -0.25) is 8.80 Å². The molecule has 0 radical (unpaired) electrons. The van der Waals surface area contributed by atoms with Gasteiger partial charge in [-0.1, -0.05) is 72.8 Å². The normalized spacial score (nSPS) is 13.0. The van der Waals surface area contributed by atoms with Crippen LogP contribution >= 0.6 is 0 Å². The molecule has 0 spiro atoms. The van der Waals surface area contributed by atoms with Crippen molar-refractivity contribution in [1.82, 2.24) is 23.2 Å². The predicted molar refractivity (Wildman–Crippen MR) is 161 cm³/mol. The largest absolute Gasteiger partial charge is 0.456 e.